The average Bonchev–Trinajstić information content (AvgIpc) is 2.48. The van der Waals surface area contributed by atoms with Gasteiger partial charge in [0.25, 0.3) is 5.43 Å². The predicted octanol–water partition coefficient (Wildman–Crippen LogP) is -0.596. The van der Waals surface area contributed by atoms with Crippen LogP contribution in [0.5, 0.6) is 0 Å². The van der Waals surface area contributed by atoms with Crippen molar-refractivity contribution in [1.29, 1.82) is 0 Å². The molecule has 4 heteroatoms. The fourth-order valence-electron chi connectivity index (χ4n) is 1.23. The number of hydrogen-bond donors (Lipinski definition) is 1. The first-order valence-electron chi connectivity index (χ1n) is 3.89. The van der Waals surface area contributed by atoms with Gasteiger partial charge in [0.05, 0.1) is 0 Å². The van der Waals surface area contributed by atoms with Crippen LogP contribution in [0.25, 0.3) is 10.8 Å². The van der Waals surface area contributed by atoms with E-state index in [9.17, 15) is 14.4 Å². The molecule has 0 aliphatic heterocycles. The van der Waals surface area contributed by atoms with Gasteiger partial charge in [-0.05, 0) is 0 Å². The molecule has 0 radical (unpaired) electrons. The Balaban J connectivity index is 0.000000461. The zero-order valence-corrected chi connectivity index (χ0v) is 7.48. The lowest BCUT2D eigenvalue weighted by atomic mass is 10.2. The summed E-state index contributed by atoms with van der Waals surface area (Å²) in [4.78, 5) is 32.9. The van der Waals surface area contributed by atoms with E-state index in [-0.39, 0.29) is 10.8 Å². The summed E-state index contributed by atoms with van der Waals surface area (Å²) in [5, 5.41) is 7.46. The molecule has 4 nitrogen and oxygen atoms in total. The van der Waals surface area contributed by atoms with Crippen LogP contribution >= 0.6 is 0 Å². The molecular formula is C10H8O4. The molecule has 0 saturated carbocycles. The van der Waals surface area contributed by atoms with Crippen molar-refractivity contribution in [3.05, 3.63) is 54.9 Å². The second-order valence-electron chi connectivity index (χ2n) is 2.53. The first kappa shape index (κ1) is 10.3. The van der Waals surface area contributed by atoms with Crippen LogP contribution in [0.3, 0.4) is 0 Å². The molecule has 0 aliphatic carbocycles. The van der Waals surface area contributed by atoms with E-state index in [2.05, 4.69) is 0 Å². The van der Waals surface area contributed by atoms with Gasteiger partial charge in [0, 0.05) is 17.9 Å². The van der Waals surface area contributed by atoms with Crippen molar-refractivity contribution in [3.8, 4) is 0 Å². The van der Waals surface area contributed by atoms with Crippen LogP contribution < -0.4 is 16.3 Å². The largest absolute Gasteiger partial charge is 0.400 e. The maximum Gasteiger partial charge on any atom is 0.273 e. The van der Waals surface area contributed by atoms with Gasteiger partial charge in [0.1, 0.15) is 0 Å². The van der Waals surface area contributed by atoms with Crippen LogP contribution in [0, 0.1) is 0 Å². The van der Waals surface area contributed by atoms with Crippen LogP contribution in [-0.2, 0) is 0 Å². The van der Waals surface area contributed by atoms with Gasteiger partial charge in [0.2, 0.25) is 10.9 Å². The van der Waals surface area contributed by atoms with Crippen molar-refractivity contribution in [2.75, 3.05) is 7.11 Å². The zero-order chi connectivity index (χ0) is 10.7. The number of fused-ring (bicyclic) bond motifs is 1. The Kier molecular flexibility index (Phi) is 2.89. The third-order valence-corrected chi connectivity index (χ3v) is 1.83. The average molecular weight is 192 g/mol. The summed E-state index contributed by atoms with van der Waals surface area (Å²) in [6, 6.07) is 6.23. The van der Waals surface area contributed by atoms with Crippen LogP contribution in [-0.4, -0.2) is 12.2 Å². The van der Waals surface area contributed by atoms with Crippen molar-refractivity contribution in [2.45, 2.75) is 0 Å². The van der Waals surface area contributed by atoms with Crippen molar-refractivity contribution in [1.82, 2.24) is 0 Å². The van der Waals surface area contributed by atoms with Gasteiger partial charge in [-0.3, -0.25) is 14.4 Å². The Labute approximate surface area is 78.8 Å². The Bertz CT molecular complexity index is 526. The minimum atomic E-state index is -0.920. The Morgan fingerprint density at radius 2 is 1.14 bits per heavy atom. The maximum atomic E-state index is 11.0. The van der Waals surface area contributed by atoms with Gasteiger partial charge in [-0.2, -0.15) is 0 Å². The summed E-state index contributed by atoms with van der Waals surface area (Å²) < 4.78 is 0. The van der Waals surface area contributed by atoms with Crippen LogP contribution in [0.4, 0.5) is 0 Å². The van der Waals surface area contributed by atoms with E-state index < -0.39 is 16.3 Å². The summed E-state index contributed by atoms with van der Waals surface area (Å²) in [5.74, 6) is 0. The molecule has 0 aromatic heterocycles. The third kappa shape index (κ3) is 1.36. The highest BCUT2D eigenvalue weighted by Crippen LogP contribution is 2.01. The lowest BCUT2D eigenvalue weighted by molar-refractivity contribution is 0.399. The minimum absolute atomic E-state index is 0.229. The van der Waals surface area contributed by atoms with E-state index in [1.165, 1.54) is 12.1 Å². The van der Waals surface area contributed by atoms with Crippen molar-refractivity contribution < 1.29 is 5.11 Å². The quantitative estimate of drug-likeness (QED) is 0.566. The molecule has 2 rings (SSSR count). The van der Waals surface area contributed by atoms with Gasteiger partial charge >= 0.3 is 0 Å². The molecule has 72 valence electrons. The summed E-state index contributed by atoms with van der Waals surface area (Å²) in [6.45, 7) is 0. The molecule has 2 aromatic rings. The molecule has 0 amide bonds. The molecule has 0 atom stereocenters. The number of aliphatic hydroxyl groups is 1. The molecule has 14 heavy (non-hydrogen) atoms. The van der Waals surface area contributed by atoms with Crippen LogP contribution in [0.2, 0.25) is 0 Å². The molecule has 0 unspecified atom stereocenters. The first-order chi connectivity index (χ1) is 6.72. The summed E-state index contributed by atoms with van der Waals surface area (Å²) in [6.07, 6.45) is 0. The standard InChI is InChI=1S/C9H4O3.CH4O/c10-7-5-3-1-2-4-6(5)8(11)9(7)12;1-2/h1-4H;2H,1H3. The molecule has 0 saturated heterocycles. The van der Waals surface area contributed by atoms with Crippen LogP contribution in [0.15, 0.2) is 38.6 Å². The highest BCUT2D eigenvalue weighted by atomic mass is 16.2. The fraction of sp³-hybridized carbons (Fsp3) is 0.100. The molecule has 2 aromatic carbocycles. The number of rotatable bonds is 0. The summed E-state index contributed by atoms with van der Waals surface area (Å²) in [5.41, 5.74) is -2.29. The molecule has 0 spiro atoms. The second kappa shape index (κ2) is 3.93. The molecular weight excluding hydrogens is 184 g/mol. The van der Waals surface area contributed by atoms with Crippen molar-refractivity contribution >= 4 is 10.8 Å². The summed E-state index contributed by atoms with van der Waals surface area (Å²) in [7, 11) is 1.00. The predicted molar refractivity (Wildman–Crippen MR) is 53.3 cm³/mol. The van der Waals surface area contributed by atoms with Gasteiger partial charge in [0.15, 0.2) is 0 Å². The van der Waals surface area contributed by atoms with Crippen molar-refractivity contribution in [3.63, 3.8) is 0 Å². The zero-order valence-electron chi connectivity index (χ0n) is 7.48. The second-order valence-corrected chi connectivity index (χ2v) is 2.53. The first-order valence-corrected chi connectivity index (χ1v) is 3.89. The molecule has 0 heterocycles. The fourth-order valence-corrected chi connectivity index (χ4v) is 1.23. The Hall–Kier alpha value is -1.81. The topological polar surface area (TPSA) is 71.4 Å². The van der Waals surface area contributed by atoms with Gasteiger partial charge in [-0.1, -0.05) is 24.3 Å². The number of benzene rings is 1. The molecule has 0 bridgehead atoms. The summed E-state index contributed by atoms with van der Waals surface area (Å²) >= 11 is 0. The van der Waals surface area contributed by atoms with Gasteiger partial charge in [-0.25, -0.2) is 0 Å². The third-order valence-electron chi connectivity index (χ3n) is 1.83. The van der Waals surface area contributed by atoms with E-state index in [0.717, 1.165) is 7.11 Å². The molecule has 0 aliphatic rings. The Morgan fingerprint density at radius 1 is 0.786 bits per heavy atom. The van der Waals surface area contributed by atoms with Crippen molar-refractivity contribution in [2.24, 2.45) is 0 Å². The molecule has 1 N–H and O–H groups in total. The van der Waals surface area contributed by atoms with Gasteiger partial charge < -0.3 is 5.11 Å². The monoisotopic (exact) mass is 192 g/mol. The highest BCUT2D eigenvalue weighted by Gasteiger charge is 2.09. The van der Waals surface area contributed by atoms with Crippen LogP contribution in [0.1, 0.15) is 0 Å². The Morgan fingerprint density at radius 3 is 1.50 bits per heavy atom. The normalized spacial score (nSPS) is 9.57. The maximum absolute atomic E-state index is 11.0. The lowest BCUT2D eigenvalue weighted by Crippen LogP contribution is -2.29. The number of hydrogen-bond acceptors (Lipinski definition) is 4. The van der Waals surface area contributed by atoms with E-state index in [1.54, 1.807) is 12.1 Å². The van der Waals surface area contributed by atoms with E-state index in [1.807, 2.05) is 0 Å². The minimum Gasteiger partial charge on any atom is -0.400 e. The van der Waals surface area contributed by atoms with E-state index >= 15 is 0 Å². The van der Waals surface area contributed by atoms with Gasteiger partial charge in [-0.15, -0.1) is 0 Å². The highest BCUT2D eigenvalue weighted by molar-refractivity contribution is 5.83. The lowest BCUT2D eigenvalue weighted by Gasteiger charge is -1.81. The SMILES string of the molecule is CO.O=c1c(=O)c2ccccc2c1=O. The molecule has 0 fully saturated rings. The van der Waals surface area contributed by atoms with E-state index in [0.29, 0.717) is 0 Å². The smallest absolute Gasteiger partial charge is 0.273 e. The number of aliphatic hydroxyl groups excluding tert-OH is 1. The van der Waals surface area contributed by atoms with E-state index in [4.69, 9.17) is 5.11 Å².